The van der Waals surface area contributed by atoms with Gasteiger partial charge in [-0.3, -0.25) is 10.1 Å². The maximum Gasteiger partial charge on any atom is 0.305 e. The predicted molar refractivity (Wildman–Crippen MR) is 104 cm³/mol. The van der Waals surface area contributed by atoms with E-state index >= 15 is 0 Å². The zero-order chi connectivity index (χ0) is 19.5. The molecule has 1 aromatic rings. The van der Waals surface area contributed by atoms with Crippen molar-refractivity contribution in [2.24, 2.45) is 0 Å². The summed E-state index contributed by atoms with van der Waals surface area (Å²) in [5.41, 5.74) is 3.40. The SMILES string of the molecule is CC(C)=CCC/C(C)=C/CC/C(C)=C/COc1ccc([N+](=O)[O-])c(F)c1. The fourth-order valence-electron chi connectivity index (χ4n) is 2.34. The Hall–Kier alpha value is -2.43. The first-order valence-corrected chi connectivity index (χ1v) is 8.81. The van der Waals surface area contributed by atoms with E-state index in [4.69, 9.17) is 4.74 Å². The van der Waals surface area contributed by atoms with E-state index in [1.54, 1.807) is 0 Å². The number of ether oxygens (including phenoxy) is 1. The van der Waals surface area contributed by atoms with E-state index in [-0.39, 0.29) is 5.75 Å². The van der Waals surface area contributed by atoms with Gasteiger partial charge in [-0.15, -0.1) is 0 Å². The first-order valence-electron chi connectivity index (χ1n) is 8.81. The molecular formula is C21H28FNO3. The molecule has 0 fully saturated rings. The van der Waals surface area contributed by atoms with Crippen molar-refractivity contribution in [3.05, 3.63) is 69.1 Å². The summed E-state index contributed by atoms with van der Waals surface area (Å²) in [7, 11) is 0. The molecule has 0 radical (unpaired) electrons. The second-order valence-corrected chi connectivity index (χ2v) is 6.64. The molecule has 4 nitrogen and oxygen atoms in total. The largest absolute Gasteiger partial charge is 0.489 e. The second kappa shape index (κ2) is 11.2. The van der Waals surface area contributed by atoms with Crippen molar-refractivity contribution in [2.45, 2.75) is 53.4 Å². The van der Waals surface area contributed by atoms with Crippen LogP contribution in [0.5, 0.6) is 5.75 Å². The molecule has 0 aliphatic heterocycles. The summed E-state index contributed by atoms with van der Waals surface area (Å²) in [6.07, 6.45) is 10.6. The third-order valence-electron chi connectivity index (χ3n) is 3.92. The molecule has 1 rings (SSSR count). The van der Waals surface area contributed by atoms with E-state index in [0.29, 0.717) is 6.61 Å². The average Bonchev–Trinajstić information content (AvgIpc) is 2.54. The number of halogens is 1. The molecule has 1 aromatic carbocycles. The third kappa shape index (κ3) is 8.60. The van der Waals surface area contributed by atoms with Crippen LogP contribution in [-0.4, -0.2) is 11.5 Å². The molecule has 0 bridgehead atoms. The Morgan fingerprint density at radius 1 is 1.08 bits per heavy atom. The van der Waals surface area contributed by atoms with Crippen LogP contribution in [0.2, 0.25) is 0 Å². The van der Waals surface area contributed by atoms with Crippen molar-refractivity contribution in [3.8, 4) is 5.75 Å². The van der Waals surface area contributed by atoms with Crippen LogP contribution in [-0.2, 0) is 0 Å². The molecule has 142 valence electrons. The lowest BCUT2D eigenvalue weighted by atomic mass is 10.1. The van der Waals surface area contributed by atoms with Crippen LogP contribution in [0.25, 0.3) is 0 Å². The number of nitro benzene ring substituents is 1. The molecule has 0 saturated heterocycles. The zero-order valence-electron chi connectivity index (χ0n) is 16.0. The van der Waals surface area contributed by atoms with Crippen LogP contribution in [0.1, 0.15) is 53.4 Å². The van der Waals surface area contributed by atoms with E-state index < -0.39 is 16.4 Å². The Balaban J connectivity index is 2.39. The average molecular weight is 361 g/mol. The Kier molecular flexibility index (Phi) is 9.34. The van der Waals surface area contributed by atoms with E-state index in [1.807, 2.05) is 13.0 Å². The number of rotatable bonds is 10. The molecule has 0 atom stereocenters. The molecular weight excluding hydrogens is 333 g/mol. The first-order chi connectivity index (χ1) is 12.3. The van der Waals surface area contributed by atoms with Gasteiger partial charge in [0.2, 0.25) is 5.82 Å². The lowest BCUT2D eigenvalue weighted by molar-refractivity contribution is -0.387. The molecule has 0 heterocycles. The number of hydrogen-bond acceptors (Lipinski definition) is 3. The van der Waals surface area contributed by atoms with Gasteiger partial charge in [0.25, 0.3) is 0 Å². The third-order valence-corrected chi connectivity index (χ3v) is 3.92. The van der Waals surface area contributed by atoms with Gasteiger partial charge in [-0.1, -0.05) is 28.9 Å². The molecule has 0 unspecified atom stereocenters. The molecule has 26 heavy (non-hydrogen) atoms. The summed E-state index contributed by atoms with van der Waals surface area (Å²) >= 11 is 0. The number of nitrogens with zero attached hydrogens (tertiary/aromatic N) is 1. The number of hydrogen-bond donors (Lipinski definition) is 0. The van der Waals surface area contributed by atoms with Crippen molar-refractivity contribution < 1.29 is 14.1 Å². The smallest absolute Gasteiger partial charge is 0.305 e. The van der Waals surface area contributed by atoms with Crippen molar-refractivity contribution in [2.75, 3.05) is 6.61 Å². The Morgan fingerprint density at radius 3 is 2.27 bits per heavy atom. The number of benzene rings is 1. The summed E-state index contributed by atoms with van der Waals surface area (Å²) in [6.45, 7) is 8.73. The van der Waals surface area contributed by atoms with E-state index in [0.717, 1.165) is 37.8 Å². The standard InChI is InChI=1S/C21H28FNO3/c1-16(2)7-5-8-17(3)9-6-10-18(4)13-14-26-19-11-12-21(23(24)25)20(22)15-19/h7,9,11-13,15H,5-6,8,10,14H2,1-4H3/b17-9+,18-13+. The van der Waals surface area contributed by atoms with Gasteiger partial charge in [-0.05, 0) is 65.5 Å². The normalized spacial score (nSPS) is 12.0. The molecule has 5 heteroatoms. The lowest BCUT2D eigenvalue weighted by Crippen LogP contribution is -1.97. The Bertz CT molecular complexity index is 701. The highest BCUT2D eigenvalue weighted by Gasteiger charge is 2.13. The van der Waals surface area contributed by atoms with Crippen LogP contribution >= 0.6 is 0 Å². The van der Waals surface area contributed by atoms with Crippen LogP contribution in [0.4, 0.5) is 10.1 Å². The van der Waals surface area contributed by atoms with Gasteiger partial charge in [0.05, 0.1) is 4.92 Å². The second-order valence-electron chi connectivity index (χ2n) is 6.64. The van der Waals surface area contributed by atoms with Gasteiger partial charge < -0.3 is 4.74 Å². The summed E-state index contributed by atoms with van der Waals surface area (Å²) in [6, 6.07) is 3.56. The van der Waals surface area contributed by atoms with E-state index in [9.17, 15) is 14.5 Å². The molecule has 0 amide bonds. The molecule has 0 aliphatic carbocycles. The van der Waals surface area contributed by atoms with Gasteiger partial charge in [-0.2, -0.15) is 4.39 Å². The summed E-state index contributed by atoms with van der Waals surface area (Å²) in [5.74, 6) is -0.603. The topological polar surface area (TPSA) is 52.4 Å². The maximum absolute atomic E-state index is 13.5. The summed E-state index contributed by atoms with van der Waals surface area (Å²) in [5, 5.41) is 10.6. The van der Waals surface area contributed by atoms with Crippen LogP contribution in [0, 0.1) is 15.9 Å². The van der Waals surface area contributed by atoms with Gasteiger partial charge in [0.15, 0.2) is 0 Å². The fourth-order valence-corrected chi connectivity index (χ4v) is 2.34. The highest BCUT2D eigenvalue weighted by molar-refractivity contribution is 5.38. The van der Waals surface area contributed by atoms with E-state index in [1.165, 1.54) is 22.8 Å². The molecule has 0 aromatic heterocycles. The van der Waals surface area contributed by atoms with Gasteiger partial charge in [0, 0.05) is 12.1 Å². The molecule has 0 aliphatic rings. The summed E-state index contributed by atoms with van der Waals surface area (Å²) in [4.78, 5) is 9.83. The van der Waals surface area contributed by atoms with Crippen LogP contribution in [0.15, 0.2) is 53.1 Å². The number of allylic oxidation sites excluding steroid dienone is 5. The molecule has 0 saturated carbocycles. The highest BCUT2D eigenvalue weighted by atomic mass is 19.1. The minimum Gasteiger partial charge on any atom is -0.489 e. The van der Waals surface area contributed by atoms with Gasteiger partial charge >= 0.3 is 5.69 Å². The monoisotopic (exact) mass is 361 g/mol. The van der Waals surface area contributed by atoms with Crippen LogP contribution < -0.4 is 4.74 Å². The highest BCUT2D eigenvalue weighted by Crippen LogP contribution is 2.22. The maximum atomic E-state index is 13.5. The van der Waals surface area contributed by atoms with Crippen molar-refractivity contribution in [1.29, 1.82) is 0 Å². The van der Waals surface area contributed by atoms with Crippen molar-refractivity contribution in [1.82, 2.24) is 0 Å². The summed E-state index contributed by atoms with van der Waals surface area (Å²) < 4.78 is 18.9. The zero-order valence-corrected chi connectivity index (χ0v) is 16.0. The van der Waals surface area contributed by atoms with Crippen molar-refractivity contribution >= 4 is 5.69 Å². The molecule has 0 N–H and O–H groups in total. The lowest BCUT2D eigenvalue weighted by Gasteiger charge is -2.05. The number of nitro groups is 1. The van der Waals surface area contributed by atoms with Crippen LogP contribution in [0.3, 0.4) is 0 Å². The Morgan fingerprint density at radius 2 is 1.69 bits per heavy atom. The fraction of sp³-hybridized carbons (Fsp3) is 0.429. The van der Waals surface area contributed by atoms with Gasteiger partial charge in [0.1, 0.15) is 12.4 Å². The minimum absolute atomic E-state index is 0.284. The Labute approximate surface area is 155 Å². The van der Waals surface area contributed by atoms with Crippen molar-refractivity contribution in [3.63, 3.8) is 0 Å². The van der Waals surface area contributed by atoms with Gasteiger partial charge in [-0.25, -0.2) is 0 Å². The quantitative estimate of drug-likeness (QED) is 0.270. The first kappa shape index (κ1) is 21.6. The minimum atomic E-state index is -0.887. The predicted octanol–water partition coefficient (Wildman–Crippen LogP) is 6.53. The molecule has 0 spiro atoms. The van der Waals surface area contributed by atoms with E-state index in [2.05, 4.69) is 32.9 Å².